The number of aryl methyl sites for hydroxylation is 1. The molecule has 3 aromatic rings. The second-order valence-electron chi connectivity index (χ2n) is 7.53. The highest BCUT2D eigenvalue weighted by Gasteiger charge is 2.36. The highest BCUT2D eigenvalue weighted by Crippen LogP contribution is 2.26. The lowest BCUT2D eigenvalue weighted by Gasteiger charge is -2.13. The Labute approximate surface area is 188 Å². The largest absolute Gasteiger partial charge is 0.452 e. The van der Waals surface area contributed by atoms with Crippen molar-refractivity contribution in [2.45, 2.75) is 13.5 Å². The molecule has 0 aliphatic carbocycles. The van der Waals surface area contributed by atoms with Gasteiger partial charge in [-0.05, 0) is 48.4 Å². The molecule has 1 heterocycles. The Kier molecular flexibility index (Phi) is 5.99. The second kappa shape index (κ2) is 9.04. The minimum Gasteiger partial charge on any atom is -0.452 e. The Balaban J connectivity index is 1.40. The van der Waals surface area contributed by atoms with E-state index in [2.05, 4.69) is 5.32 Å². The molecule has 1 aliphatic heterocycles. The summed E-state index contributed by atoms with van der Waals surface area (Å²) in [7, 11) is 0. The van der Waals surface area contributed by atoms with Gasteiger partial charge in [-0.15, -0.1) is 0 Å². The molecule has 0 aromatic heterocycles. The van der Waals surface area contributed by atoms with Crippen LogP contribution >= 0.6 is 0 Å². The molecule has 3 amide bonds. The van der Waals surface area contributed by atoms with Gasteiger partial charge in [0, 0.05) is 5.69 Å². The molecule has 3 aromatic carbocycles. The summed E-state index contributed by atoms with van der Waals surface area (Å²) in [5.74, 6) is -2.89. The average Bonchev–Trinajstić information content (AvgIpc) is 3.05. The van der Waals surface area contributed by atoms with Gasteiger partial charge in [0.15, 0.2) is 6.61 Å². The number of benzene rings is 3. The number of carbonyl (C=O) groups excluding carboxylic acids is 4. The first-order valence-corrected chi connectivity index (χ1v) is 10.1. The van der Waals surface area contributed by atoms with Crippen molar-refractivity contribution in [2.24, 2.45) is 0 Å². The van der Waals surface area contributed by atoms with Crippen LogP contribution in [-0.2, 0) is 16.1 Å². The lowest BCUT2D eigenvalue weighted by molar-refractivity contribution is -0.119. The zero-order valence-corrected chi connectivity index (χ0v) is 17.6. The van der Waals surface area contributed by atoms with E-state index in [1.807, 2.05) is 30.3 Å². The van der Waals surface area contributed by atoms with Crippen LogP contribution in [0.4, 0.5) is 10.1 Å². The van der Waals surface area contributed by atoms with E-state index in [4.69, 9.17) is 4.74 Å². The van der Waals surface area contributed by atoms with Crippen LogP contribution in [0.1, 0.15) is 42.2 Å². The Morgan fingerprint density at radius 3 is 2.39 bits per heavy atom. The topological polar surface area (TPSA) is 92.8 Å². The summed E-state index contributed by atoms with van der Waals surface area (Å²) in [6.07, 6.45) is 0. The number of anilines is 1. The standard InChI is InChI=1S/C25H19FN2O5/c1-15-7-9-18(12-21(15)26)27-22(29)14-33-25(32)17-8-10-19-20(11-17)24(31)28(23(19)30)13-16-5-3-2-4-6-16/h2-12H,13-14H2,1H3,(H,27,29). The number of imide groups is 1. The molecular formula is C25H19FN2O5. The monoisotopic (exact) mass is 446 g/mol. The third-order valence-electron chi connectivity index (χ3n) is 5.18. The Hall–Kier alpha value is -4.33. The van der Waals surface area contributed by atoms with E-state index in [0.29, 0.717) is 5.56 Å². The molecule has 1 N–H and O–H groups in total. The highest BCUT2D eigenvalue weighted by atomic mass is 19.1. The van der Waals surface area contributed by atoms with Gasteiger partial charge in [0.25, 0.3) is 17.7 Å². The minimum atomic E-state index is -0.829. The number of ether oxygens (including phenoxy) is 1. The number of amides is 3. The summed E-state index contributed by atoms with van der Waals surface area (Å²) in [5, 5.41) is 2.44. The predicted octanol–water partition coefficient (Wildman–Crippen LogP) is 3.73. The number of fused-ring (bicyclic) bond motifs is 1. The van der Waals surface area contributed by atoms with Crippen molar-refractivity contribution in [3.05, 3.63) is 100 Å². The number of halogens is 1. The first-order chi connectivity index (χ1) is 15.8. The van der Waals surface area contributed by atoms with E-state index < -0.39 is 36.1 Å². The van der Waals surface area contributed by atoms with Gasteiger partial charge >= 0.3 is 5.97 Å². The number of nitrogens with one attached hydrogen (secondary N) is 1. The van der Waals surface area contributed by atoms with E-state index in [1.165, 1.54) is 36.4 Å². The lowest BCUT2D eigenvalue weighted by atomic mass is 10.1. The van der Waals surface area contributed by atoms with Crippen LogP contribution in [0.25, 0.3) is 0 Å². The summed E-state index contributed by atoms with van der Waals surface area (Å²) >= 11 is 0. The van der Waals surface area contributed by atoms with Crippen LogP contribution in [-0.4, -0.2) is 35.2 Å². The molecule has 33 heavy (non-hydrogen) atoms. The van der Waals surface area contributed by atoms with Crippen molar-refractivity contribution in [1.82, 2.24) is 4.90 Å². The zero-order valence-electron chi connectivity index (χ0n) is 17.6. The van der Waals surface area contributed by atoms with E-state index in [9.17, 15) is 23.6 Å². The summed E-state index contributed by atoms with van der Waals surface area (Å²) in [5.41, 5.74) is 1.80. The smallest absolute Gasteiger partial charge is 0.338 e. The number of hydrogen-bond acceptors (Lipinski definition) is 5. The molecule has 0 unspecified atom stereocenters. The van der Waals surface area contributed by atoms with Gasteiger partial charge in [0.1, 0.15) is 5.82 Å². The molecule has 0 atom stereocenters. The first-order valence-electron chi connectivity index (χ1n) is 10.1. The van der Waals surface area contributed by atoms with E-state index >= 15 is 0 Å². The number of hydrogen-bond donors (Lipinski definition) is 1. The molecule has 166 valence electrons. The molecule has 0 saturated carbocycles. The van der Waals surface area contributed by atoms with Crippen LogP contribution in [0, 0.1) is 12.7 Å². The van der Waals surface area contributed by atoms with Gasteiger partial charge in [0.05, 0.1) is 23.2 Å². The third-order valence-corrected chi connectivity index (χ3v) is 5.18. The second-order valence-corrected chi connectivity index (χ2v) is 7.53. The number of carbonyl (C=O) groups is 4. The molecule has 0 radical (unpaired) electrons. The summed E-state index contributed by atoms with van der Waals surface area (Å²) in [4.78, 5) is 50.9. The number of esters is 1. The summed E-state index contributed by atoms with van der Waals surface area (Å²) < 4.78 is 18.6. The molecule has 0 spiro atoms. The van der Waals surface area contributed by atoms with Gasteiger partial charge in [0.2, 0.25) is 0 Å². The van der Waals surface area contributed by atoms with Gasteiger partial charge in [-0.1, -0.05) is 36.4 Å². The van der Waals surface area contributed by atoms with Gasteiger partial charge in [-0.2, -0.15) is 0 Å². The fraction of sp³-hybridized carbons (Fsp3) is 0.120. The van der Waals surface area contributed by atoms with Crippen LogP contribution in [0.3, 0.4) is 0 Å². The van der Waals surface area contributed by atoms with Crippen molar-refractivity contribution >= 4 is 29.4 Å². The third kappa shape index (κ3) is 4.64. The fourth-order valence-corrected chi connectivity index (χ4v) is 3.41. The summed E-state index contributed by atoms with van der Waals surface area (Å²) in [6.45, 7) is 1.11. The van der Waals surface area contributed by atoms with Crippen molar-refractivity contribution in [3.63, 3.8) is 0 Å². The Morgan fingerprint density at radius 1 is 0.939 bits per heavy atom. The maximum absolute atomic E-state index is 13.6. The lowest BCUT2D eigenvalue weighted by Crippen LogP contribution is -2.29. The molecule has 7 nitrogen and oxygen atoms in total. The molecular weight excluding hydrogens is 427 g/mol. The average molecular weight is 446 g/mol. The SMILES string of the molecule is Cc1ccc(NC(=O)COC(=O)c2ccc3c(c2)C(=O)N(Cc2ccccc2)C3=O)cc1F. The normalized spacial score (nSPS) is 12.5. The quantitative estimate of drug-likeness (QED) is 0.460. The minimum absolute atomic E-state index is 0.0330. The molecule has 1 aliphatic rings. The van der Waals surface area contributed by atoms with Crippen molar-refractivity contribution < 1.29 is 28.3 Å². The zero-order chi connectivity index (χ0) is 23.5. The van der Waals surface area contributed by atoms with E-state index in [1.54, 1.807) is 6.92 Å². The fourth-order valence-electron chi connectivity index (χ4n) is 3.41. The molecule has 4 rings (SSSR count). The molecule has 0 bridgehead atoms. The summed E-state index contributed by atoms with van der Waals surface area (Å²) in [6, 6.07) is 17.3. The highest BCUT2D eigenvalue weighted by molar-refractivity contribution is 6.21. The maximum atomic E-state index is 13.6. The Morgan fingerprint density at radius 2 is 1.67 bits per heavy atom. The molecule has 0 fully saturated rings. The number of rotatable bonds is 6. The van der Waals surface area contributed by atoms with Crippen molar-refractivity contribution in [1.29, 1.82) is 0 Å². The van der Waals surface area contributed by atoms with Gasteiger partial charge in [-0.25, -0.2) is 9.18 Å². The van der Waals surface area contributed by atoms with Crippen LogP contribution < -0.4 is 5.32 Å². The van der Waals surface area contributed by atoms with Crippen LogP contribution in [0.2, 0.25) is 0 Å². The maximum Gasteiger partial charge on any atom is 0.338 e. The molecule has 8 heteroatoms. The van der Waals surface area contributed by atoms with E-state index in [-0.39, 0.29) is 28.9 Å². The first kappa shape index (κ1) is 21.9. The van der Waals surface area contributed by atoms with Crippen molar-refractivity contribution in [3.8, 4) is 0 Å². The van der Waals surface area contributed by atoms with Gasteiger partial charge < -0.3 is 10.1 Å². The van der Waals surface area contributed by atoms with E-state index in [0.717, 1.165) is 10.5 Å². The van der Waals surface area contributed by atoms with Crippen LogP contribution in [0.15, 0.2) is 66.7 Å². The predicted molar refractivity (Wildman–Crippen MR) is 117 cm³/mol. The Bertz CT molecular complexity index is 1270. The molecule has 0 saturated heterocycles. The van der Waals surface area contributed by atoms with Crippen LogP contribution in [0.5, 0.6) is 0 Å². The number of nitrogens with zero attached hydrogens (tertiary/aromatic N) is 1. The van der Waals surface area contributed by atoms with Crippen molar-refractivity contribution in [2.75, 3.05) is 11.9 Å². The van der Waals surface area contributed by atoms with Gasteiger partial charge in [-0.3, -0.25) is 19.3 Å².